The average Bonchev–Trinajstić information content (AvgIpc) is 2.45. The van der Waals surface area contributed by atoms with Crippen LogP contribution in [-0.4, -0.2) is 25.8 Å². The molecule has 0 aliphatic carbocycles. The number of amides is 2. The lowest BCUT2D eigenvalue weighted by Gasteiger charge is -2.15. The average molecular weight is 314 g/mol. The molecule has 22 heavy (non-hydrogen) atoms. The lowest BCUT2D eigenvalue weighted by Crippen LogP contribution is -2.37. The Labute approximate surface area is 130 Å². The maximum absolute atomic E-state index is 13.1. The van der Waals surface area contributed by atoms with Crippen molar-refractivity contribution in [1.82, 2.24) is 10.6 Å². The van der Waals surface area contributed by atoms with E-state index < -0.39 is 17.7 Å². The highest BCUT2D eigenvalue weighted by atomic mass is 19.2. The second kappa shape index (κ2) is 9.35. The number of ether oxygens (including phenoxy) is 1. The van der Waals surface area contributed by atoms with E-state index in [1.165, 1.54) is 6.07 Å². The first-order chi connectivity index (χ1) is 10.4. The fourth-order valence-corrected chi connectivity index (χ4v) is 1.81. The van der Waals surface area contributed by atoms with E-state index in [4.69, 9.17) is 4.74 Å². The Balaban J connectivity index is 2.25. The Bertz CT molecular complexity index is 481. The predicted octanol–water partition coefficient (Wildman–Crippen LogP) is 3.39. The number of urea groups is 1. The molecule has 0 saturated heterocycles. The Morgan fingerprint density at radius 1 is 1.23 bits per heavy atom. The van der Waals surface area contributed by atoms with Crippen molar-refractivity contribution in [1.29, 1.82) is 0 Å². The number of benzene rings is 1. The van der Waals surface area contributed by atoms with Crippen molar-refractivity contribution in [2.75, 3.05) is 19.8 Å². The molecular weight excluding hydrogens is 290 g/mol. The molecule has 0 aromatic heterocycles. The van der Waals surface area contributed by atoms with Gasteiger partial charge < -0.3 is 15.4 Å². The van der Waals surface area contributed by atoms with E-state index in [0.29, 0.717) is 31.2 Å². The van der Waals surface area contributed by atoms with E-state index in [1.54, 1.807) is 6.92 Å². The number of rotatable bonds is 8. The third-order valence-corrected chi connectivity index (χ3v) is 2.99. The third-order valence-electron chi connectivity index (χ3n) is 2.99. The Morgan fingerprint density at radius 3 is 2.59 bits per heavy atom. The van der Waals surface area contributed by atoms with E-state index in [1.807, 2.05) is 0 Å². The number of hydrogen-bond donors (Lipinski definition) is 2. The van der Waals surface area contributed by atoms with Crippen LogP contribution >= 0.6 is 0 Å². The highest BCUT2D eigenvalue weighted by Gasteiger charge is 2.11. The molecule has 1 aromatic rings. The molecule has 124 valence electrons. The fourth-order valence-electron chi connectivity index (χ4n) is 1.81. The van der Waals surface area contributed by atoms with Gasteiger partial charge >= 0.3 is 6.03 Å². The summed E-state index contributed by atoms with van der Waals surface area (Å²) >= 11 is 0. The maximum Gasteiger partial charge on any atom is 0.315 e. The first-order valence-corrected chi connectivity index (χ1v) is 7.47. The van der Waals surface area contributed by atoms with Crippen molar-refractivity contribution in [3.63, 3.8) is 0 Å². The molecule has 0 heterocycles. The van der Waals surface area contributed by atoms with E-state index in [2.05, 4.69) is 24.5 Å². The Kier molecular flexibility index (Phi) is 7.80. The maximum atomic E-state index is 13.1. The Morgan fingerprint density at radius 2 is 1.95 bits per heavy atom. The molecular formula is C16H24F2N2O2. The number of carbonyl (C=O) groups is 1. The van der Waals surface area contributed by atoms with Crippen molar-refractivity contribution in [2.45, 2.75) is 33.2 Å². The number of nitrogens with one attached hydrogen (secondary N) is 2. The highest BCUT2D eigenvalue weighted by molar-refractivity contribution is 5.74. The van der Waals surface area contributed by atoms with Crippen molar-refractivity contribution in [3.05, 3.63) is 35.4 Å². The van der Waals surface area contributed by atoms with Gasteiger partial charge in [-0.05, 0) is 37.0 Å². The first kappa shape index (κ1) is 18.4. The minimum absolute atomic E-state index is 0.346. The van der Waals surface area contributed by atoms with Gasteiger partial charge in [0.25, 0.3) is 0 Å². The molecule has 0 aliphatic heterocycles. The van der Waals surface area contributed by atoms with Crippen LogP contribution in [0.2, 0.25) is 0 Å². The second-order valence-corrected chi connectivity index (χ2v) is 5.62. The number of carbonyl (C=O) groups excluding carboxylic acids is 1. The van der Waals surface area contributed by atoms with Gasteiger partial charge in [-0.2, -0.15) is 0 Å². The largest absolute Gasteiger partial charge is 0.381 e. The van der Waals surface area contributed by atoms with Crippen LogP contribution in [0.5, 0.6) is 0 Å². The van der Waals surface area contributed by atoms with E-state index in [-0.39, 0.29) is 6.03 Å². The molecule has 0 radical (unpaired) electrons. The van der Waals surface area contributed by atoms with Gasteiger partial charge in [0.2, 0.25) is 0 Å². The zero-order valence-electron chi connectivity index (χ0n) is 13.3. The van der Waals surface area contributed by atoms with Gasteiger partial charge in [0.05, 0.1) is 6.04 Å². The molecule has 2 amide bonds. The summed E-state index contributed by atoms with van der Waals surface area (Å²) in [7, 11) is 0. The van der Waals surface area contributed by atoms with Crippen LogP contribution in [0.1, 0.15) is 38.8 Å². The summed E-state index contributed by atoms with van der Waals surface area (Å²) in [4.78, 5) is 11.7. The minimum Gasteiger partial charge on any atom is -0.381 e. The molecule has 0 aliphatic rings. The lowest BCUT2D eigenvalue weighted by molar-refractivity contribution is 0.108. The molecule has 1 unspecified atom stereocenters. The van der Waals surface area contributed by atoms with Crippen LogP contribution in [0.4, 0.5) is 13.6 Å². The van der Waals surface area contributed by atoms with Crippen LogP contribution in [0.25, 0.3) is 0 Å². The molecule has 1 rings (SSSR count). The summed E-state index contributed by atoms with van der Waals surface area (Å²) in [6, 6.07) is 2.82. The van der Waals surface area contributed by atoms with E-state index in [0.717, 1.165) is 18.6 Å². The van der Waals surface area contributed by atoms with Crippen molar-refractivity contribution < 1.29 is 18.3 Å². The third kappa shape index (κ3) is 6.85. The lowest BCUT2D eigenvalue weighted by atomic mass is 10.1. The van der Waals surface area contributed by atoms with Crippen LogP contribution in [0.15, 0.2) is 18.2 Å². The van der Waals surface area contributed by atoms with Crippen LogP contribution < -0.4 is 10.6 Å². The normalized spacial score (nSPS) is 12.3. The number of halogens is 2. The molecule has 2 N–H and O–H groups in total. The molecule has 1 atom stereocenters. The smallest absolute Gasteiger partial charge is 0.315 e. The predicted molar refractivity (Wildman–Crippen MR) is 81.6 cm³/mol. The van der Waals surface area contributed by atoms with Crippen LogP contribution in [0.3, 0.4) is 0 Å². The van der Waals surface area contributed by atoms with E-state index >= 15 is 0 Å². The van der Waals surface area contributed by atoms with Crippen molar-refractivity contribution in [3.8, 4) is 0 Å². The summed E-state index contributed by atoms with van der Waals surface area (Å²) < 4.78 is 31.4. The number of hydrogen-bond acceptors (Lipinski definition) is 2. The first-order valence-electron chi connectivity index (χ1n) is 7.47. The summed E-state index contributed by atoms with van der Waals surface area (Å²) in [5.74, 6) is -1.33. The van der Waals surface area contributed by atoms with Gasteiger partial charge in [-0.25, -0.2) is 13.6 Å². The van der Waals surface area contributed by atoms with Gasteiger partial charge in [-0.15, -0.1) is 0 Å². The molecule has 0 fully saturated rings. The van der Waals surface area contributed by atoms with Crippen molar-refractivity contribution >= 4 is 6.03 Å². The van der Waals surface area contributed by atoms with Gasteiger partial charge in [-0.1, -0.05) is 19.9 Å². The van der Waals surface area contributed by atoms with Crippen LogP contribution in [-0.2, 0) is 4.74 Å². The summed E-state index contributed by atoms with van der Waals surface area (Å²) in [6.07, 6.45) is 0.722. The van der Waals surface area contributed by atoms with Gasteiger partial charge in [0.15, 0.2) is 11.6 Å². The molecule has 0 spiro atoms. The van der Waals surface area contributed by atoms with Gasteiger partial charge in [-0.3, -0.25) is 0 Å². The van der Waals surface area contributed by atoms with Gasteiger partial charge in [0, 0.05) is 19.8 Å². The van der Waals surface area contributed by atoms with Crippen LogP contribution in [0, 0.1) is 17.6 Å². The van der Waals surface area contributed by atoms with Gasteiger partial charge in [0.1, 0.15) is 0 Å². The molecule has 1 aromatic carbocycles. The molecule has 0 bridgehead atoms. The topological polar surface area (TPSA) is 50.4 Å². The van der Waals surface area contributed by atoms with Crippen molar-refractivity contribution in [2.24, 2.45) is 5.92 Å². The Hall–Kier alpha value is -1.69. The monoisotopic (exact) mass is 314 g/mol. The SMILES string of the molecule is CC(C)COCCCNC(=O)NC(C)c1ccc(F)c(F)c1. The highest BCUT2D eigenvalue weighted by Crippen LogP contribution is 2.15. The summed E-state index contributed by atoms with van der Waals surface area (Å²) in [5, 5.41) is 5.37. The standard InChI is InChI=1S/C16H24F2N2O2/c1-11(2)10-22-8-4-7-19-16(21)20-12(3)13-5-6-14(17)15(18)9-13/h5-6,9,11-12H,4,7-8,10H2,1-3H3,(H2,19,20,21). The van der Waals surface area contributed by atoms with E-state index in [9.17, 15) is 13.6 Å². The summed E-state index contributed by atoms with van der Waals surface area (Å²) in [5.41, 5.74) is 0.509. The zero-order chi connectivity index (χ0) is 16.5. The molecule has 4 nitrogen and oxygen atoms in total. The second-order valence-electron chi connectivity index (χ2n) is 5.62. The fraction of sp³-hybridized carbons (Fsp3) is 0.562. The quantitative estimate of drug-likeness (QED) is 0.723. The zero-order valence-corrected chi connectivity index (χ0v) is 13.3. The molecule has 0 saturated carbocycles. The minimum atomic E-state index is -0.922. The molecule has 6 heteroatoms. The summed E-state index contributed by atoms with van der Waals surface area (Å²) in [6.45, 7) is 7.65.